The maximum absolute atomic E-state index is 6.24. The highest BCUT2D eigenvalue weighted by Crippen LogP contribution is 2.37. The Balaban J connectivity index is 2.22. The maximum Gasteiger partial charge on any atom is 0.150 e. The van der Waals surface area contributed by atoms with Gasteiger partial charge in [-0.1, -0.05) is 48.7 Å². The van der Waals surface area contributed by atoms with Crippen LogP contribution < -0.4 is 4.90 Å². The summed E-state index contributed by atoms with van der Waals surface area (Å²) in [5, 5.41) is 1.32. The van der Waals surface area contributed by atoms with Crippen LogP contribution in [0.4, 0.5) is 5.82 Å². The minimum absolute atomic E-state index is 0.325. The van der Waals surface area contributed by atoms with Crippen molar-refractivity contribution >= 4 is 40.6 Å². The Morgan fingerprint density at radius 2 is 1.94 bits per heavy atom. The van der Waals surface area contributed by atoms with Crippen molar-refractivity contribution in [2.45, 2.75) is 39.2 Å². The second kappa shape index (κ2) is 5.85. The molecule has 2 nitrogen and oxygen atoms in total. The third-order valence-electron chi connectivity index (χ3n) is 3.08. The summed E-state index contributed by atoms with van der Waals surface area (Å²) in [6.45, 7) is 5.40. The van der Waals surface area contributed by atoms with E-state index in [1.54, 1.807) is 6.07 Å². The van der Waals surface area contributed by atoms with Gasteiger partial charge < -0.3 is 4.90 Å². The minimum atomic E-state index is 0.325. The summed E-state index contributed by atoms with van der Waals surface area (Å²) < 4.78 is 0. The van der Waals surface area contributed by atoms with E-state index < -0.39 is 0 Å². The molecule has 1 saturated carbocycles. The van der Waals surface area contributed by atoms with Crippen molar-refractivity contribution < 1.29 is 0 Å². The predicted molar refractivity (Wildman–Crippen MR) is 79.1 cm³/mol. The molecule has 2 rings (SSSR count). The smallest absolute Gasteiger partial charge is 0.150 e. The van der Waals surface area contributed by atoms with Gasteiger partial charge in [-0.25, -0.2) is 4.98 Å². The van der Waals surface area contributed by atoms with Crippen LogP contribution in [0.2, 0.25) is 15.2 Å². The first kappa shape index (κ1) is 14.2. The molecule has 1 aromatic heterocycles. The van der Waals surface area contributed by atoms with E-state index in [0.29, 0.717) is 27.2 Å². The highest BCUT2D eigenvalue weighted by atomic mass is 35.5. The Hall–Kier alpha value is -0.180. The zero-order valence-corrected chi connectivity index (χ0v) is 12.9. The van der Waals surface area contributed by atoms with Gasteiger partial charge in [-0.05, 0) is 31.2 Å². The number of anilines is 1. The third kappa shape index (κ3) is 3.43. The van der Waals surface area contributed by atoms with E-state index >= 15 is 0 Å². The summed E-state index contributed by atoms with van der Waals surface area (Å²) in [4.78, 5) is 6.61. The molecule has 0 radical (unpaired) electrons. The number of aromatic nitrogens is 1. The molecule has 1 aliphatic rings. The van der Waals surface area contributed by atoms with Gasteiger partial charge in [0.1, 0.15) is 11.0 Å². The standard InChI is InChI=1S/C13H17Cl3N2/c1-8(2)5-6-18(9-3-4-9)13-11(15)7-10(14)12(16)17-13/h7-9H,3-6H2,1-2H3. The fourth-order valence-corrected chi connectivity index (χ4v) is 2.48. The molecule has 1 heterocycles. The lowest BCUT2D eigenvalue weighted by Crippen LogP contribution is -2.29. The fraction of sp³-hybridized carbons (Fsp3) is 0.615. The summed E-state index contributed by atoms with van der Waals surface area (Å²) in [7, 11) is 0. The number of hydrogen-bond donors (Lipinski definition) is 0. The van der Waals surface area contributed by atoms with Gasteiger partial charge in [0, 0.05) is 12.6 Å². The molecule has 18 heavy (non-hydrogen) atoms. The van der Waals surface area contributed by atoms with Crippen LogP contribution in [-0.2, 0) is 0 Å². The van der Waals surface area contributed by atoms with E-state index in [-0.39, 0.29) is 0 Å². The highest BCUT2D eigenvalue weighted by molar-refractivity contribution is 6.42. The Kier molecular flexibility index (Phi) is 4.63. The second-order valence-electron chi connectivity index (χ2n) is 5.17. The van der Waals surface area contributed by atoms with Gasteiger partial charge in [-0.15, -0.1) is 0 Å². The average Bonchev–Trinajstić information content (AvgIpc) is 3.09. The molecule has 0 unspecified atom stereocenters. The number of nitrogens with zero attached hydrogens (tertiary/aromatic N) is 2. The molecule has 1 aliphatic carbocycles. The van der Waals surface area contributed by atoms with Gasteiger partial charge in [0.25, 0.3) is 0 Å². The minimum Gasteiger partial charge on any atom is -0.352 e. The maximum atomic E-state index is 6.24. The van der Waals surface area contributed by atoms with Crippen molar-refractivity contribution in [1.29, 1.82) is 0 Å². The van der Waals surface area contributed by atoms with Gasteiger partial charge in [0.15, 0.2) is 0 Å². The monoisotopic (exact) mass is 306 g/mol. The Labute approximate surface area is 123 Å². The van der Waals surface area contributed by atoms with Gasteiger partial charge in [0.2, 0.25) is 0 Å². The molecule has 100 valence electrons. The van der Waals surface area contributed by atoms with E-state index in [2.05, 4.69) is 23.7 Å². The lowest BCUT2D eigenvalue weighted by molar-refractivity contribution is 0.568. The van der Waals surface area contributed by atoms with Crippen molar-refractivity contribution in [3.8, 4) is 0 Å². The van der Waals surface area contributed by atoms with Crippen LogP contribution in [0.1, 0.15) is 33.1 Å². The molecule has 0 aromatic carbocycles. The van der Waals surface area contributed by atoms with E-state index in [1.807, 2.05) is 0 Å². The first-order valence-electron chi connectivity index (χ1n) is 6.27. The van der Waals surface area contributed by atoms with Gasteiger partial charge in [0.05, 0.1) is 10.0 Å². The molecule has 5 heteroatoms. The molecule has 0 amide bonds. The van der Waals surface area contributed by atoms with Crippen molar-refractivity contribution in [3.63, 3.8) is 0 Å². The SMILES string of the molecule is CC(C)CCN(c1nc(Cl)c(Cl)cc1Cl)C1CC1. The van der Waals surface area contributed by atoms with E-state index in [9.17, 15) is 0 Å². The second-order valence-corrected chi connectivity index (χ2v) is 6.35. The van der Waals surface area contributed by atoms with Crippen molar-refractivity contribution in [1.82, 2.24) is 4.98 Å². The van der Waals surface area contributed by atoms with Crippen LogP contribution >= 0.6 is 34.8 Å². The van der Waals surface area contributed by atoms with Crippen molar-refractivity contribution in [2.24, 2.45) is 5.92 Å². The van der Waals surface area contributed by atoms with Crippen LogP contribution in [-0.4, -0.2) is 17.6 Å². The largest absolute Gasteiger partial charge is 0.352 e. The predicted octanol–water partition coefficient (Wildman–Crippen LogP) is 5.06. The molecule has 1 fully saturated rings. The molecule has 0 spiro atoms. The Morgan fingerprint density at radius 3 is 2.50 bits per heavy atom. The Bertz CT molecular complexity index is 430. The average molecular weight is 308 g/mol. The molecule has 0 N–H and O–H groups in total. The number of halogens is 3. The lowest BCUT2D eigenvalue weighted by Gasteiger charge is -2.25. The topological polar surface area (TPSA) is 16.1 Å². The Morgan fingerprint density at radius 1 is 1.28 bits per heavy atom. The van der Waals surface area contributed by atoms with E-state index in [1.165, 1.54) is 12.8 Å². The quantitative estimate of drug-likeness (QED) is 0.707. The zero-order chi connectivity index (χ0) is 13.3. The van der Waals surface area contributed by atoms with Crippen molar-refractivity contribution in [2.75, 3.05) is 11.4 Å². The van der Waals surface area contributed by atoms with Gasteiger partial charge in [-0.2, -0.15) is 0 Å². The van der Waals surface area contributed by atoms with Crippen molar-refractivity contribution in [3.05, 3.63) is 21.3 Å². The molecule has 0 aliphatic heterocycles. The van der Waals surface area contributed by atoms with Crippen LogP contribution in [0.5, 0.6) is 0 Å². The zero-order valence-electron chi connectivity index (χ0n) is 10.6. The highest BCUT2D eigenvalue weighted by Gasteiger charge is 2.31. The molecule has 1 aromatic rings. The first-order valence-corrected chi connectivity index (χ1v) is 7.40. The third-order valence-corrected chi connectivity index (χ3v) is 4.03. The van der Waals surface area contributed by atoms with E-state index in [4.69, 9.17) is 34.8 Å². The van der Waals surface area contributed by atoms with Crippen LogP contribution in [0.25, 0.3) is 0 Å². The lowest BCUT2D eigenvalue weighted by atomic mass is 10.1. The van der Waals surface area contributed by atoms with Crippen LogP contribution in [0.15, 0.2) is 6.07 Å². The summed E-state index contributed by atoms with van der Waals surface area (Å²) >= 11 is 18.1. The molecule has 0 bridgehead atoms. The molecular weight excluding hydrogens is 291 g/mol. The summed E-state index contributed by atoms with van der Waals surface area (Å²) in [5.41, 5.74) is 0. The summed E-state index contributed by atoms with van der Waals surface area (Å²) in [6.07, 6.45) is 3.53. The van der Waals surface area contributed by atoms with Crippen LogP contribution in [0.3, 0.4) is 0 Å². The summed E-state index contributed by atoms with van der Waals surface area (Å²) in [5.74, 6) is 1.43. The molecule has 0 atom stereocenters. The first-order chi connectivity index (χ1) is 8.49. The van der Waals surface area contributed by atoms with Gasteiger partial charge >= 0.3 is 0 Å². The fourth-order valence-electron chi connectivity index (χ4n) is 1.88. The summed E-state index contributed by atoms with van der Waals surface area (Å²) in [6, 6.07) is 2.24. The number of pyridine rings is 1. The van der Waals surface area contributed by atoms with E-state index in [0.717, 1.165) is 18.8 Å². The normalized spacial score (nSPS) is 15.2. The number of hydrogen-bond acceptors (Lipinski definition) is 2. The molecular formula is C13H17Cl3N2. The molecule has 0 saturated heterocycles. The van der Waals surface area contributed by atoms with Crippen LogP contribution in [0, 0.1) is 5.92 Å². The number of rotatable bonds is 5. The van der Waals surface area contributed by atoms with Gasteiger partial charge in [-0.3, -0.25) is 0 Å².